The number of anilines is 1. The van der Waals surface area contributed by atoms with Gasteiger partial charge in [0.25, 0.3) is 5.91 Å². The number of aliphatic carboxylic acids is 1. The van der Waals surface area contributed by atoms with Gasteiger partial charge in [-0.15, -0.1) is 0 Å². The molecule has 1 aromatic heterocycles. The second-order valence-electron chi connectivity index (χ2n) is 7.84. The molecule has 10 nitrogen and oxygen atoms in total. The van der Waals surface area contributed by atoms with E-state index in [1.165, 1.54) is 12.4 Å². The lowest BCUT2D eigenvalue weighted by atomic mass is 9.81. The molecular formula is C18H27N5O5. The number of ether oxygens (including phenoxy) is 1. The normalized spacial score (nSPS) is 20.7. The first-order valence-corrected chi connectivity index (χ1v) is 9.16. The number of carboxylic acids is 1. The molecule has 10 heteroatoms. The number of nitrogen functional groups attached to an aromatic ring is 1. The van der Waals surface area contributed by atoms with Crippen LogP contribution in [0.4, 0.5) is 10.6 Å². The number of nitrogens with two attached hydrogens (primary N) is 1. The smallest absolute Gasteiger partial charge is 0.408 e. The number of hydrogen-bond acceptors (Lipinski definition) is 7. The topological polar surface area (TPSA) is 157 Å². The van der Waals surface area contributed by atoms with Crippen LogP contribution in [0.1, 0.15) is 56.9 Å². The van der Waals surface area contributed by atoms with E-state index in [0.717, 1.165) is 0 Å². The SMILES string of the molecule is CC(C)(C)OC(=O)N[C@H](C(=O)O)[C@H]1CC[C@H](NC(=O)c2nccnc2N)CC1. The van der Waals surface area contributed by atoms with Gasteiger partial charge in [0.2, 0.25) is 0 Å². The molecule has 1 atom stereocenters. The van der Waals surface area contributed by atoms with E-state index in [4.69, 9.17) is 10.5 Å². The van der Waals surface area contributed by atoms with Crippen LogP contribution in [0.25, 0.3) is 0 Å². The predicted molar refractivity (Wildman–Crippen MR) is 100 cm³/mol. The van der Waals surface area contributed by atoms with Crippen LogP contribution in [-0.4, -0.2) is 50.7 Å². The molecule has 0 saturated heterocycles. The maximum atomic E-state index is 12.3. The lowest BCUT2D eigenvalue weighted by molar-refractivity contribution is -0.141. The summed E-state index contributed by atoms with van der Waals surface area (Å²) in [6.07, 6.45) is 4.27. The van der Waals surface area contributed by atoms with Gasteiger partial charge in [-0.3, -0.25) is 4.79 Å². The quantitative estimate of drug-likeness (QED) is 0.583. The van der Waals surface area contributed by atoms with Crippen LogP contribution in [0.3, 0.4) is 0 Å². The first-order valence-electron chi connectivity index (χ1n) is 9.16. The van der Waals surface area contributed by atoms with E-state index in [9.17, 15) is 19.5 Å². The van der Waals surface area contributed by atoms with Gasteiger partial charge in [-0.25, -0.2) is 19.6 Å². The molecule has 1 aromatic rings. The highest BCUT2D eigenvalue weighted by Crippen LogP contribution is 2.28. The Hall–Kier alpha value is -2.91. The summed E-state index contributed by atoms with van der Waals surface area (Å²) in [6.45, 7) is 5.13. The van der Waals surface area contributed by atoms with Gasteiger partial charge in [-0.2, -0.15) is 0 Å². The van der Waals surface area contributed by atoms with Crippen molar-refractivity contribution in [2.45, 2.75) is 64.1 Å². The Morgan fingerprint density at radius 1 is 1.18 bits per heavy atom. The number of carbonyl (C=O) groups is 3. The van der Waals surface area contributed by atoms with Crippen LogP contribution in [0, 0.1) is 5.92 Å². The Bertz CT molecular complexity index is 725. The highest BCUT2D eigenvalue weighted by molar-refractivity contribution is 5.96. The van der Waals surface area contributed by atoms with Crippen LogP contribution < -0.4 is 16.4 Å². The summed E-state index contributed by atoms with van der Waals surface area (Å²) in [7, 11) is 0. The van der Waals surface area contributed by atoms with Crippen molar-refractivity contribution < 1.29 is 24.2 Å². The van der Waals surface area contributed by atoms with E-state index >= 15 is 0 Å². The van der Waals surface area contributed by atoms with Crippen LogP contribution in [0.5, 0.6) is 0 Å². The molecule has 0 radical (unpaired) electrons. The molecule has 1 aliphatic carbocycles. The molecule has 0 spiro atoms. The molecule has 1 heterocycles. The molecule has 5 N–H and O–H groups in total. The van der Waals surface area contributed by atoms with Gasteiger partial charge in [0.1, 0.15) is 11.6 Å². The maximum absolute atomic E-state index is 12.3. The van der Waals surface area contributed by atoms with Crippen molar-refractivity contribution in [2.75, 3.05) is 5.73 Å². The highest BCUT2D eigenvalue weighted by atomic mass is 16.6. The maximum Gasteiger partial charge on any atom is 0.408 e. The van der Waals surface area contributed by atoms with Crippen molar-refractivity contribution in [2.24, 2.45) is 5.92 Å². The molecule has 0 aliphatic heterocycles. The number of rotatable bonds is 5. The van der Waals surface area contributed by atoms with Crippen molar-refractivity contribution in [1.29, 1.82) is 0 Å². The Kier molecular flexibility index (Phi) is 6.76. The van der Waals surface area contributed by atoms with Gasteiger partial charge in [-0.05, 0) is 52.4 Å². The lowest BCUT2D eigenvalue weighted by Crippen LogP contribution is -2.49. The van der Waals surface area contributed by atoms with Crippen molar-refractivity contribution in [3.63, 3.8) is 0 Å². The van der Waals surface area contributed by atoms with E-state index in [1.807, 2.05) is 0 Å². The summed E-state index contributed by atoms with van der Waals surface area (Å²) in [5.74, 6) is -1.71. The molecule has 28 heavy (non-hydrogen) atoms. The van der Waals surface area contributed by atoms with Gasteiger partial charge in [-0.1, -0.05) is 0 Å². The number of nitrogens with one attached hydrogen (secondary N) is 2. The standard InChI is InChI=1S/C18H27N5O5/c1-18(2,3)28-17(27)23-12(16(25)26)10-4-6-11(7-5-10)22-15(24)13-14(19)21-9-8-20-13/h8-12H,4-7H2,1-3H3,(H2,19,21)(H,22,24)(H,23,27)(H,25,26)/t10-,11-,12-/m0/s1. The Morgan fingerprint density at radius 3 is 2.32 bits per heavy atom. The summed E-state index contributed by atoms with van der Waals surface area (Å²) < 4.78 is 5.15. The molecule has 0 bridgehead atoms. The van der Waals surface area contributed by atoms with Crippen LogP contribution in [-0.2, 0) is 9.53 Å². The third-order valence-corrected chi connectivity index (χ3v) is 4.46. The third-order valence-electron chi connectivity index (χ3n) is 4.46. The number of carbonyl (C=O) groups excluding carboxylic acids is 2. The van der Waals surface area contributed by atoms with Crippen LogP contribution >= 0.6 is 0 Å². The Labute approximate surface area is 163 Å². The van der Waals surface area contributed by atoms with Crippen LogP contribution in [0.2, 0.25) is 0 Å². The van der Waals surface area contributed by atoms with E-state index in [2.05, 4.69) is 20.6 Å². The van der Waals surface area contributed by atoms with Crippen molar-refractivity contribution >= 4 is 23.8 Å². The minimum Gasteiger partial charge on any atom is -0.480 e. The highest BCUT2D eigenvalue weighted by Gasteiger charge is 2.34. The Balaban J connectivity index is 1.90. The van der Waals surface area contributed by atoms with Gasteiger partial charge < -0.3 is 26.2 Å². The molecule has 0 aromatic carbocycles. The zero-order valence-corrected chi connectivity index (χ0v) is 16.3. The number of hydrogen-bond donors (Lipinski definition) is 4. The fourth-order valence-corrected chi connectivity index (χ4v) is 3.19. The van der Waals surface area contributed by atoms with Crippen molar-refractivity contribution in [1.82, 2.24) is 20.6 Å². The molecule has 1 aliphatic rings. The van der Waals surface area contributed by atoms with Gasteiger partial charge in [0.05, 0.1) is 0 Å². The number of carboxylic acid groups (broad SMARTS) is 1. The molecule has 0 unspecified atom stereocenters. The second-order valence-corrected chi connectivity index (χ2v) is 7.84. The van der Waals surface area contributed by atoms with E-state index in [-0.39, 0.29) is 23.5 Å². The number of aromatic nitrogens is 2. The average Bonchev–Trinajstić information content (AvgIpc) is 2.59. The Morgan fingerprint density at radius 2 is 1.79 bits per heavy atom. The minimum atomic E-state index is -1.11. The molecule has 2 rings (SSSR count). The average molecular weight is 393 g/mol. The minimum absolute atomic E-state index is 0.0567. The number of alkyl carbamates (subject to hydrolysis) is 1. The van der Waals surface area contributed by atoms with E-state index < -0.39 is 29.6 Å². The predicted octanol–water partition coefficient (Wildman–Crippen LogP) is 1.33. The third kappa shape index (κ3) is 6.07. The second kappa shape index (κ2) is 8.85. The largest absolute Gasteiger partial charge is 0.480 e. The zero-order chi connectivity index (χ0) is 20.9. The van der Waals surface area contributed by atoms with Crippen molar-refractivity contribution in [3.8, 4) is 0 Å². The van der Waals surface area contributed by atoms with Gasteiger partial charge in [0, 0.05) is 18.4 Å². The lowest BCUT2D eigenvalue weighted by Gasteiger charge is -2.33. The summed E-state index contributed by atoms with van der Waals surface area (Å²) in [6, 6.07) is -1.16. The number of nitrogens with zero attached hydrogens (tertiary/aromatic N) is 2. The first kappa shape index (κ1) is 21.4. The van der Waals surface area contributed by atoms with Gasteiger partial charge in [0.15, 0.2) is 11.5 Å². The first-order chi connectivity index (χ1) is 13.1. The fourth-order valence-electron chi connectivity index (χ4n) is 3.19. The molecule has 2 amide bonds. The van der Waals surface area contributed by atoms with Crippen molar-refractivity contribution in [3.05, 3.63) is 18.1 Å². The molecule has 154 valence electrons. The number of amides is 2. The summed E-state index contributed by atoms with van der Waals surface area (Å²) in [4.78, 5) is 43.6. The van der Waals surface area contributed by atoms with E-state index in [0.29, 0.717) is 25.7 Å². The van der Waals surface area contributed by atoms with Crippen LogP contribution in [0.15, 0.2) is 12.4 Å². The molecular weight excluding hydrogens is 366 g/mol. The summed E-state index contributed by atoms with van der Waals surface area (Å²) in [5, 5.41) is 14.8. The molecule has 1 fully saturated rings. The monoisotopic (exact) mass is 393 g/mol. The van der Waals surface area contributed by atoms with Gasteiger partial charge >= 0.3 is 12.1 Å². The summed E-state index contributed by atoms with van der Waals surface area (Å²) >= 11 is 0. The zero-order valence-electron chi connectivity index (χ0n) is 16.3. The fraction of sp³-hybridized carbons (Fsp3) is 0.611. The summed E-state index contributed by atoms with van der Waals surface area (Å²) in [5.41, 5.74) is 5.02. The molecule has 1 saturated carbocycles. The van der Waals surface area contributed by atoms with E-state index in [1.54, 1.807) is 20.8 Å².